The molecule has 1 heterocycles. The molecule has 0 fully saturated rings. The first kappa shape index (κ1) is 18.4. The lowest BCUT2D eigenvalue weighted by molar-refractivity contribution is -0.117. The Bertz CT molecular complexity index is 915. The standard InChI is InChI=1S/C21H22N4O2/c1-15(22-19(26)14-9-16-7-5-4-6-8-16)21-23-20(24-27-21)17-10-12-18(13-11-17)25(2)3/h4-15H,1-3H3,(H,22,26)/b14-9+/t15-/m1/s1. The maximum Gasteiger partial charge on any atom is 0.249 e. The second kappa shape index (κ2) is 8.31. The molecule has 3 aromatic rings. The molecule has 0 bridgehead atoms. The van der Waals surface area contributed by atoms with Gasteiger partial charge in [-0.1, -0.05) is 35.5 Å². The highest BCUT2D eigenvalue weighted by Gasteiger charge is 2.16. The van der Waals surface area contributed by atoms with Crippen molar-refractivity contribution < 1.29 is 9.32 Å². The molecule has 1 N–H and O–H groups in total. The summed E-state index contributed by atoms with van der Waals surface area (Å²) in [7, 11) is 3.97. The molecule has 3 rings (SSSR count). The molecule has 0 aliphatic rings. The van der Waals surface area contributed by atoms with Gasteiger partial charge in [-0.25, -0.2) is 0 Å². The fourth-order valence-corrected chi connectivity index (χ4v) is 2.50. The van der Waals surface area contributed by atoms with Crippen LogP contribution in [0.3, 0.4) is 0 Å². The van der Waals surface area contributed by atoms with E-state index in [9.17, 15) is 4.79 Å². The van der Waals surface area contributed by atoms with Gasteiger partial charge in [-0.15, -0.1) is 0 Å². The number of hydrogen-bond donors (Lipinski definition) is 1. The summed E-state index contributed by atoms with van der Waals surface area (Å²) >= 11 is 0. The number of nitrogens with one attached hydrogen (secondary N) is 1. The molecule has 0 saturated carbocycles. The molecule has 27 heavy (non-hydrogen) atoms. The molecule has 2 aromatic carbocycles. The highest BCUT2D eigenvalue weighted by molar-refractivity contribution is 5.91. The van der Waals surface area contributed by atoms with Gasteiger partial charge >= 0.3 is 0 Å². The van der Waals surface area contributed by atoms with E-state index < -0.39 is 0 Å². The monoisotopic (exact) mass is 362 g/mol. The van der Waals surface area contributed by atoms with Crippen LogP contribution in [0.2, 0.25) is 0 Å². The van der Waals surface area contributed by atoms with E-state index in [1.54, 1.807) is 13.0 Å². The van der Waals surface area contributed by atoms with Gasteiger partial charge < -0.3 is 14.7 Å². The summed E-state index contributed by atoms with van der Waals surface area (Å²) in [6, 6.07) is 17.1. The third-order valence-corrected chi connectivity index (χ3v) is 4.04. The number of anilines is 1. The molecule has 6 nitrogen and oxygen atoms in total. The van der Waals surface area contributed by atoms with Gasteiger partial charge in [0.25, 0.3) is 0 Å². The molecule has 0 radical (unpaired) electrons. The number of hydrogen-bond acceptors (Lipinski definition) is 5. The van der Waals surface area contributed by atoms with Gasteiger partial charge in [-0.2, -0.15) is 4.98 Å². The van der Waals surface area contributed by atoms with Crippen LogP contribution in [0.15, 0.2) is 65.2 Å². The van der Waals surface area contributed by atoms with E-state index in [2.05, 4.69) is 15.5 Å². The Morgan fingerprint density at radius 1 is 1.11 bits per heavy atom. The zero-order valence-corrected chi connectivity index (χ0v) is 15.6. The number of nitrogens with zero attached hydrogens (tertiary/aromatic N) is 3. The maximum atomic E-state index is 12.1. The predicted molar refractivity (Wildman–Crippen MR) is 106 cm³/mol. The van der Waals surface area contributed by atoms with Crippen LogP contribution in [0.25, 0.3) is 17.5 Å². The highest BCUT2D eigenvalue weighted by atomic mass is 16.5. The van der Waals surface area contributed by atoms with Crippen LogP contribution in [0.4, 0.5) is 5.69 Å². The zero-order valence-electron chi connectivity index (χ0n) is 15.6. The van der Waals surface area contributed by atoms with Crippen molar-refractivity contribution in [1.29, 1.82) is 0 Å². The first-order valence-electron chi connectivity index (χ1n) is 8.68. The third kappa shape index (κ3) is 4.82. The minimum Gasteiger partial charge on any atom is -0.378 e. The first-order valence-corrected chi connectivity index (χ1v) is 8.68. The number of carbonyl (C=O) groups is 1. The largest absolute Gasteiger partial charge is 0.378 e. The van der Waals surface area contributed by atoms with E-state index in [1.165, 1.54) is 6.08 Å². The second-order valence-corrected chi connectivity index (χ2v) is 6.37. The molecular weight excluding hydrogens is 340 g/mol. The molecule has 1 atom stereocenters. The molecule has 0 spiro atoms. The minimum atomic E-state index is -0.389. The normalized spacial score (nSPS) is 12.1. The molecule has 0 saturated heterocycles. The van der Waals surface area contributed by atoms with Crippen molar-refractivity contribution in [1.82, 2.24) is 15.5 Å². The Balaban J connectivity index is 1.63. The number of benzene rings is 2. The summed E-state index contributed by atoms with van der Waals surface area (Å²) in [6.45, 7) is 1.81. The average molecular weight is 362 g/mol. The summed E-state index contributed by atoms with van der Waals surface area (Å²) < 4.78 is 5.31. The number of aromatic nitrogens is 2. The molecule has 1 aromatic heterocycles. The van der Waals surface area contributed by atoms with Crippen molar-refractivity contribution in [3.8, 4) is 11.4 Å². The van der Waals surface area contributed by atoms with Crippen LogP contribution in [0.5, 0.6) is 0 Å². The van der Waals surface area contributed by atoms with Crippen LogP contribution in [0.1, 0.15) is 24.4 Å². The Hall–Kier alpha value is -3.41. The molecule has 138 valence electrons. The number of rotatable bonds is 6. The van der Waals surface area contributed by atoms with Gasteiger partial charge in [0.2, 0.25) is 17.6 Å². The van der Waals surface area contributed by atoms with Crippen molar-refractivity contribution in [3.63, 3.8) is 0 Å². The summed E-state index contributed by atoms with van der Waals surface area (Å²) in [5.74, 6) is 0.640. The van der Waals surface area contributed by atoms with Crippen molar-refractivity contribution in [3.05, 3.63) is 72.1 Å². The Morgan fingerprint density at radius 2 is 1.81 bits per heavy atom. The molecule has 1 amide bonds. The van der Waals surface area contributed by atoms with Gasteiger partial charge in [0.1, 0.15) is 6.04 Å². The van der Waals surface area contributed by atoms with Crippen LogP contribution >= 0.6 is 0 Å². The maximum absolute atomic E-state index is 12.1. The van der Waals surface area contributed by atoms with Crippen LogP contribution < -0.4 is 10.2 Å². The van der Waals surface area contributed by atoms with Crippen molar-refractivity contribution in [2.24, 2.45) is 0 Å². The Morgan fingerprint density at radius 3 is 2.48 bits per heavy atom. The fraction of sp³-hybridized carbons (Fsp3) is 0.190. The molecular formula is C21H22N4O2. The molecule has 0 aliphatic heterocycles. The third-order valence-electron chi connectivity index (χ3n) is 4.04. The SMILES string of the molecule is C[C@@H](NC(=O)/C=C/c1ccccc1)c1nc(-c2ccc(N(C)C)cc2)no1. The Kier molecular flexibility index (Phi) is 5.66. The van der Waals surface area contributed by atoms with E-state index in [0.29, 0.717) is 11.7 Å². The summed E-state index contributed by atoms with van der Waals surface area (Å²) in [6.07, 6.45) is 3.25. The van der Waals surface area contributed by atoms with E-state index in [0.717, 1.165) is 16.8 Å². The van der Waals surface area contributed by atoms with E-state index in [-0.39, 0.29) is 11.9 Å². The van der Waals surface area contributed by atoms with E-state index in [4.69, 9.17) is 4.52 Å². The van der Waals surface area contributed by atoms with Crippen molar-refractivity contribution >= 4 is 17.7 Å². The Labute approximate surface area is 158 Å². The second-order valence-electron chi connectivity index (χ2n) is 6.37. The summed E-state index contributed by atoms with van der Waals surface area (Å²) in [4.78, 5) is 18.5. The van der Waals surface area contributed by atoms with Crippen molar-refractivity contribution in [2.45, 2.75) is 13.0 Å². The lowest BCUT2D eigenvalue weighted by Crippen LogP contribution is -2.24. The van der Waals surface area contributed by atoms with Gasteiger partial charge in [-0.3, -0.25) is 4.79 Å². The summed E-state index contributed by atoms with van der Waals surface area (Å²) in [5, 5.41) is 6.84. The fourth-order valence-electron chi connectivity index (χ4n) is 2.50. The summed E-state index contributed by atoms with van der Waals surface area (Å²) in [5.41, 5.74) is 2.91. The quantitative estimate of drug-likeness (QED) is 0.677. The topological polar surface area (TPSA) is 71.3 Å². The predicted octanol–water partition coefficient (Wildman–Crippen LogP) is 3.69. The van der Waals surface area contributed by atoms with E-state index in [1.807, 2.05) is 73.6 Å². The average Bonchev–Trinajstić information content (AvgIpc) is 3.18. The lowest BCUT2D eigenvalue weighted by atomic mass is 10.2. The van der Waals surface area contributed by atoms with Crippen molar-refractivity contribution in [2.75, 3.05) is 19.0 Å². The van der Waals surface area contributed by atoms with Crippen LogP contribution in [-0.2, 0) is 4.79 Å². The van der Waals surface area contributed by atoms with Gasteiger partial charge in [-0.05, 0) is 42.8 Å². The van der Waals surface area contributed by atoms with Gasteiger partial charge in [0, 0.05) is 31.4 Å². The number of carbonyl (C=O) groups excluding carboxylic acids is 1. The number of amides is 1. The molecule has 0 unspecified atom stereocenters. The van der Waals surface area contributed by atoms with Gasteiger partial charge in [0.05, 0.1) is 0 Å². The zero-order chi connectivity index (χ0) is 19.2. The van der Waals surface area contributed by atoms with Crippen LogP contribution in [0, 0.1) is 0 Å². The van der Waals surface area contributed by atoms with Crippen LogP contribution in [-0.4, -0.2) is 30.1 Å². The van der Waals surface area contributed by atoms with E-state index >= 15 is 0 Å². The lowest BCUT2D eigenvalue weighted by Gasteiger charge is -2.11. The minimum absolute atomic E-state index is 0.221. The first-order chi connectivity index (χ1) is 13.0. The molecule has 0 aliphatic carbocycles. The van der Waals surface area contributed by atoms with Gasteiger partial charge in [0.15, 0.2) is 0 Å². The smallest absolute Gasteiger partial charge is 0.249 e. The highest BCUT2D eigenvalue weighted by Crippen LogP contribution is 2.21. The molecule has 6 heteroatoms.